The van der Waals surface area contributed by atoms with Gasteiger partial charge in [-0.15, -0.1) is 0 Å². The van der Waals surface area contributed by atoms with E-state index in [0.29, 0.717) is 6.42 Å². The zero-order chi connectivity index (χ0) is 15.9. The lowest BCUT2D eigenvalue weighted by Gasteiger charge is -2.11. The fourth-order valence-electron chi connectivity index (χ4n) is 2.37. The maximum atomic E-state index is 13.5. The molecule has 1 aromatic carbocycles. The third-order valence-corrected chi connectivity index (χ3v) is 3.79. The Balaban J connectivity index is 1.70. The van der Waals surface area contributed by atoms with Crippen molar-refractivity contribution in [1.29, 1.82) is 0 Å². The van der Waals surface area contributed by atoms with E-state index in [4.69, 9.17) is 21.1 Å². The highest BCUT2D eigenvalue weighted by molar-refractivity contribution is 6.32. The molecule has 1 aromatic rings. The fraction of sp³-hybridized carbons (Fsp3) is 0.500. The minimum absolute atomic E-state index is 0.00439. The summed E-state index contributed by atoms with van der Waals surface area (Å²) < 4.78 is 23.6. The van der Waals surface area contributed by atoms with Gasteiger partial charge in [0.25, 0.3) is 0 Å². The van der Waals surface area contributed by atoms with Gasteiger partial charge in [-0.2, -0.15) is 0 Å². The molecule has 2 rings (SSSR count). The summed E-state index contributed by atoms with van der Waals surface area (Å²) in [5, 5.41) is 0.0361. The van der Waals surface area contributed by atoms with Crippen molar-refractivity contribution in [2.45, 2.75) is 51.0 Å². The van der Waals surface area contributed by atoms with Gasteiger partial charge < -0.3 is 9.47 Å². The van der Waals surface area contributed by atoms with Crippen LogP contribution in [0.15, 0.2) is 18.2 Å². The lowest BCUT2D eigenvalue weighted by atomic mass is 10.2. The van der Waals surface area contributed by atoms with Gasteiger partial charge in [0.05, 0.1) is 5.02 Å². The smallest absolute Gasteiger partial charge is 0.311 e. The van der Waals surface area contributed by atoms with E-state index in [9.17, 15) is 14.0 Å². The molecule has 0 aromatic heterocycles. The molecule has 0 N–H and O–H groups in total. The third kappa shape index (κ3) is 4.98. The van der Waals surface area contributed by atoms with Gasteiger partial charge >= 0.3 is 11.9 Å². The van der Waals surface area contributed by atoms with Crippen LogP contribution in [-0.2, 0) is 14.3 Å². The molecule has 0 saturated heterocycles. The number of hydrogen-bond donors (Lipinski definition) is 0. The van der Waals surface area contributed by atoms with Gasteiger partial charge in [-0.25, -0.2) is 4.39 Å². The molecule has 1 fully saturated rings. The average Bonchev–Trinajstić information content (AvgIpc) is 2.96. The van der Waals surface area contributed by atoms with E-state index in [-0.39, 0.29) is 35.7 Å². The quantitative estimate of drug-likeness (QED) is 0.584. The Morgan fingerprint density at radius 3 is 2.55 bits per heavy atom. The Bertz CT molecular complexity index is 521. The van der Waals surface area contributed by atoms with Crippen molar-refractivity contribution in [2.24, 2.45) is 0 Å². The van der Waals surface area contributed by atoms with Gasteiger partial charge in [0.15, 0.2) is 11.6 Å². The maximum Gasteiger partial charge on any atom is 0.311 e. The second-order valence-electron chi connectivity index (χ2n) is 5.27. The number of ether oxygens (including phenoxy) is 2. The van der Waals surface area contributed by atoms with E-state index in [1.165, 1.54) is 12.1 Å². The van der Waals surface area contributed by atoms with Crippen LogP contribution in [0.1, 0.15) is 44.9 Å². The van der Waals surface area contributed by atoms with Crippen molar-refractivity contribution in [3.05, 3.63) is 29.0 Å². The molecule has 4 nitrogen and oxygen atoms in total. The highest BCUT2D eigenvalue weighted by Crippen LogP contribution is 2.27. The standard InChI is InChI=1S/C16H18ClFO4/c17-12-7-3-8-13(18)16(12)22-15(20)10-4-9-14(19)21-11-5-1-2-6-11/h3,7-8,11H,1-2,4-6,9-10H2. The van der Waals surface area contributed by atoms with Crippen LogP contribution in [-0.4, -0.2) is 18.0 Å². The van der Waals surface area contributed by atoms with Crippen LogP contribution in [0.2, 0.25) is 5.02 Å². The summed E-state index contributed by atoms with van der Waals surface area (Å²) in [6.45, 7) is 0. The number of para-hydroxylation sites is 1. The highest BCUT2D eigenvalue weighted by atomic mass is 35.5. The average molecular weight is 329 g/mol. The molecule has 1 saturated carbocycles. The van der Waals surface area contributed by atoms with Crippen LogP contribution < -0.4 is 4.74 Å². The first-order chi connectivity index (χ1) is 10.6. The summed E-state index contributed by atoms with van der Waals surface area (Å²) in [7, 11) is 0. The summed E-state index contributed by atoms with van der Waals surface area (Å²) >= 11 is 5.76. The van der Waals surface area contributed by atoms with Crippen molar-refractivity contribution in [3.63, 3.8) is 0 Å². The van der Waals surface area contributed by atoms with Crippen molar-refractivity contribution in [3.8, 4) is 5.75 Å². The molecule has 0 amide bonds. The monoisotopic (exact) mass is 328 g/mol. The van der Waals surface area contributed by atoms with E-state index in [0.717, 1.165) is 31.7 Å². The molecule has 1 aliphatic carbocycles. The van der Waals surface area contributed by atoms with Gasteiger partial charge in [0.1, 0.15) is 6.10 Å². The Kier molecular flexibility index (Phi) is 6.19. The number of esters is 2. The second-order valence-corrected chi connectivity index (χ2v) is 5.68. The van der Waals surface area contributed by atoms with Crippen molar-refractivity contribution < 1.29 is 23.5 Å². The van der Waals surface area contributed by atoms with Crippen LogP contribution in [0.25, 0.3) is 0 Å². The zero-order valence-electron chi connectivity index (χ0n) is 12.1. The number of carbonyl (C=O) groups excluding carboxylic acids is 2. The molecule has 0 heterocycles. The first-order valence-electron chi connectivity index (χ1n) is 7.40. The third-order valence-electron chi connectivity index (χ3n) is 3.50. The maximum absolute atomic E-state index is 13.5. The van der Waals surface area contributed by atoms with Gasteiger partial charge in [0.2, 0.25) is 0 Å². The molecular formula is C16H18ClFO4. The molecule has 0 spiro atoms. The summed E-state index contributed by atoms with van der Waals surface area (Å²) in [5.41, 5.74) is 0. The van der Waals surface area contributed by atoms with E-state index in [1.54, 1.807) is 0 Å². The van der Waals surface area contributed by atoms with E-state index < -0.39 is 11.8 Å². The van der Waals surface area contributed by atoms with Gasteiger partial charge in [0, 0.05) is 12.8 Å². The minimum Gasteiger partial charge on any atom is -0.462 e. The van der Waals surface area contributed by atoms with E-state index in [1.807, 2.05) is 0 Å². The largest absolute Gasteiger partial charge is 0.462 e. The molecule has 0 atom stereocenters. The first kappa shape index (κ1) is 16.7. The first-order valence-corrected chi connectivity index (χ1v) is 7.78. The zero-order valence-corrected chi connectivity index (χ0v) is 12.9. The number of hydrogen-bond acceptors (Lipinski definition) is 4. The lowest BCUT2D eigenvalue weighted by Crippen LogP contribution is -2.15. The fourth-order valence-corrected chi connectivity index (χ4v) is 2.57. The van der Waals surface area contributed by atoms with Crippen molar-refractivity contribution >= 4 is 23.5 Å². The SMILES string of the molecule is O=C(CCCC(=O)OC1CCCC1)Oc1c(F)cccc1Cl. The van der Waals surface area contributed by atoms with Crippen LogP contribution in [0.4, 0.5) is 4.39 Å². The minimum atomic E-state index is -0.693. The van der Waals surface area contributed by atoms with Gasteiger partial charge in [-0.05, 0) is 44.2 Å². The molecule has 0 unspecified atom stereocenters. The Morgan fingerprint density at radius 2 is 1.86 bits per heavy atom. The molecule has 0 radical (unpaired) electrons. The van der Waals surface area contributed by atoms with Crippen LogP contribution in [0.3, 0.4) is 0 Å². The second kappa shape index (κ2) is 8.13. The number of benzene rings is 1. The summed E-state index contributed by atoms with van der Waals surface area (Å²) in [6.07, 6.45) is 4.49. The number of carbonyl (C=O) groups is 2. The Morgan fingerprint density at radius 1 is 1.18 bits per heavy atom. The number of rotatable bonds is 6. The van der Waals surface area contributed by atoms with Crippen molar-refractivity contribution in [1.82, 2.24) is 0 Å². The topological polar surface area (TPSA) is 52.6 Å². The predicted octanol–water partition coefficient (Wildman–Crippen LogP) is 4.04. The number of halogens is 2. The summed E-state index contributed by atoms with van der Waals surface area (Å²) in [5.74, 6) is -1.89. The van der Waals surface area contributed by atoms with Crippen LogP contribution in [0.5, 0.6) is 5.75 Å². The molecule has 0 aliphatic heterocycles. The Hall–Kier alpha value is -1.62. The highest BCUT2D eigenvalue weighted by Gasteiger charge is 2.19. The van der Waals surface area contributed by atoms with Crippen LogP contribution in [0, 0.1) is 5.82 Å². The van der Waals surface area contributed by atoms with Crippen LogP contribution >= 0.6 is 11.6 Å². The molecular weight excluding hydrogens is 311 g/mol. The molecule has 1 aliphatic rings. The summed E-state index contributed by atoms with van der Waals surface area (Å²) in [6, 6.07) is 4.02. The van der Waals surface area contributed by atoms with E-state index >= 15 is 0 Å². The van der Waals surface area contributed by atoms with Crippen molar-refractivity contribution in [2.75, 3.05) is 0 Å². The molecule has 0 bridgehead atoms. The molecule has 120 valence electrons. The lowest BCUT2D eigenvalue weighted by molar-refractivity contribution is -0.149. The normalized spacial score (nSPS) is 14.8. The summed E-state index contributed by atoms with van der Waals surface area (Å²) in [4.78, 5) is 23.2. The Labute approximate surface area is 133 Å². The van der Waals surface area contributed by atoms with Gasteiger partial charge in [-0.1, -0.05) is 17.7 Å². The van der Waals surface area contributed by atoms with E-state index in [2.05, 4.69) is 0 Å². The molecule has 22 heavy (non-hydrogen) atoms. The predicted molar refractivity (Wildman–Crippen MR) is 79.2 cm³/mol. The molecule has 6 heteroatoms. The van der Waals surface area contributed by atoms with Gasteiger partial charge in [-0.3, -0.25) is 9.59 Å².